The molecule has 0 aliphatic rings. The van der Waals surface area contributed by atoms with Crippen LogP contribution in [0.3, 0.4) is 0 Å². The first-order valence-corrected chi connectivity index (χ1v) is 21.1. The van der Waals surface area contributed by atoms with Gasteiger partial charge in [0.2, 0.25) is 0 Å². The Morgan fingerprint density at radius 2 is 0.918 bits per heavy atom. The molecule has 49 heavy (non-hydrogen) atoms. The molecule has 0 heterocycles. The van der Waals surface area contributed by atoms with Gasteiger partial charge >= 0.3 is 41.5 Å². The topological polar surface area (TPSA) is 122 Å². The van der Waals surface area contributed by atoms with Gasteiger partial charge in [-0.25, -0.2) is 0 Å². The molecular formula is C39H72NaO8P. The number of carbonyl (C=O) groups excluding carboxylic acids is 2. The summed E-state index contributed by atoms with van der Waals surface area (Å²) in [4.78, 5) is 44.6. The quantitative estimate of drug-likeness (QED) is 0.0227. The Labute approximate surface area is 322 Å². The van der Waals surface area contributed by atoms with E-state index in [1.807, 2.05) is 0 Å². The molecule has 0 radical (unpaired) electrons. The summed E-state index contributed by atoms with van der Waals surface area (Å²) in [5.41, 5.74) is 0. The van der Waals surface area contributed by atoms with Crippen molar-refractivity contribution in [2.75, 3.05) is 13.2 Å². The average Bonchev–Trinajstić information content (AvgIpc) is 3.05. The molecule has 0 aromatic carbocycles. The van der Waals surface area contributed by atoms with Crippen LogP contribution in [0, 0.1) is 0 Å². The summed E-state index contributed by atoms with van der Waals surface area (Å²) in [6, 6.07) is 0. The van der Waals surface area contributed by atoms with Crippen LogP contribution in [0.5, 0.6) is 0 Å². The van der Waals surface area contributed by atoms with Crippen LogP contribution in [0.1, 0.15) is 194 Å². The molecule has 282 valence electrons. The van der Waals surface area contributed by atoms with Crippen molar-refractivity contribution < 1.29 is 67.5 Å². The van der Waals surface area contributed by atoms with Crippen molar-refractivity contribution in [1.29, 1.82) is 0 Å². The molecular weight excluding hydrogens is 650 g/mol. The number of hydrogen-bond acceptors (Lipinski definition) is 7. The Kier molecular flexibility index (Phi) is 40.0. The minimum Gasteiger partial charge on any atom is -0.756 e. The summed E-state index contributed by atoms with van der Waals surface area (Å²) >= 11 is 0. The number of rotatable bonds is 36. The van der Waals surface area contributed by atoms with Crippen LogP contribution < -0.4 is 34.5 Å². The molecule has 0 aliphatic carbocycles. The van der Waals surface area contributed by atoms with Crippen molar-refractivity contribution in [3.05, 3.63) is 24.3 Å². The largest absolute Gasteiger partial charge is 1.00 e. The molecule has 0 aliphatic heterocycles. The molecule has 0 amide bonds. The van der Waals surface area contributed by atoms with E-state index < -0.39 is 32.5 Å². The van der Waals surface area contributed by atoms with E-state index in [1.54, 1.807) is 0 Å². The molecule has 10 heteroatoms. The fourth-order valence-electron chi connectivity index (χ4n) is 5.48. The van der Waals surface area contributed by atoms with Crippen LogP contribution in [-0.2, 0) is 28.2 Å². The smallest absolute Gasteiger partial charge is 0.756 e. The van der Waals surface area contributed by atoms with E-state index in [0.29, 0.717) is 12.8 Å². The van der Waals surface area contributed by atoms with Crippen LogP contribution in [0.4, 0.5) is 0 Å². The molecule has 8 nitrogen and oxygen atoms in total. The van der Waals surface area contributed by atoms with Gasteiger partial charge in [-0.05, 0) is 64.2 Å². The zero-order valence-electron chi connectivity index (χ0n) is 31.9. The summed E-state index contributed by atoms with van der Waals surface area (Å²) in [7, 11) is -5.00. The second-order valence-electron chi connectivity index (χ2n) is 13.2. The van der Waals surface area contributed by atoms with Gasteiger partial charge in [0.05, 0.1) is 6.61 Å². The van der Waals surface area contributed by atoms with Gasteiger partial charge in [0.15, 0.2) is 6.10 Å². The summed E-state index contributed by atoms with van der Waals surface area (Å²) in [6.45, 7) is 3.57. The van der Waals surface area contributed by atoms with Gasteiger partial charge in [0.25, 0.3) is 7.82 Å². The third kappa shape index (κ3) is 41.8. The molecule has 0 aromatic rings. The molecule has 0 rings (SSSR count). The predicted molar refractivity (Wildman–Crippen MR) is 196 cm³/mol. The fraction of sp³-hybridized carbons (Fsp3) is 0.846. The first-order chi connectivity index (χ1) is 23.3. The van der Waals surface area contributed by atoms with E-state index in [1.165, 1.54) is 89.9 Å². The molecule has 0 aromatic heterocycles. The zero-order valence-corrected chi connectivity index (χ0v) is 34.7. The molecule has 0 fully saturated rings. The maximum atomic E-state index is 12.3. The van der Waals surface area contributed by atoms with Crippen LogP contribution in [0.25, 0.3) is 0 Å². The standard InChI is InChI=1S/C39H73O8P.Na/c1-3-5-7-9-11-13-15-17-19-21-23-25-27-29-31-33-38(40)45-35-37(36-46-48(42,43)44)47-39(41)34-32-30-28-26-24-22-20-18-16-14-12-10-8-6-4-2;/h17-20,37H,3-16,21-36H2,1-2H3,(H2,42,43,44);/q;+1/p-1/b19-17-,20-18-;/t37-;/m1./s1. The summed E-state index contributed by atoms with van der Waals surface area (Å²) in [6.07, 6.45) is 38.7. The number of hydrogen-bond donors (Lipinski definition) is 1. The number of allylic oxidation sites excluding steroid dienone is 4. The third-order valence-corrected chi connectivity index (χ3v) is 8.91. The van der Waals surface area contributed by atoms with Gasteiger partial charge in [-0.15, -0.1) is 0 Å². The number of phosphoric acid groups is 1. The monoisotopic (exact) mass is 722 g/mol. The first kappa shape index (κ1) is 50.6. The van der Waals surface area contributed by atoms with Crippen molar-refractivity contribution in [3.8, 4) is 0 Å². The Morgan fingerprint density at radius 3 is 1.31 bits per heavy atom. The second-order valence-corrected chi connectivity index (χ2v) is 14.4. The van der Waals surface area contributed by atoms with Crippen molar-refractivity contribution >= 4 is 19.8 Å². The van der Waals surface area contributed by atoms with E-state index in [2.05, 4.69) is 42.7 Å². The average molecular weight is 723 g/mol. The summed E-state index contributed by atoms with van der Waals surface area (Å²) in [5.74, 6) is -0.937. The van der Waals surface area contributed by atoms with Crippen LogP contribution in [-0.4, -0.2) is 36.1 Å². The van der Waals surface area contributed by atoms with E-state index in [9.17, 15) is 19.0 Å². The van der Waals surface area contributed by atoms with Crippen molar-refractivity contribution in [2.24, 2.45) is 0 Å². The van der Waals surface area contributed by atoms with Crippen molar-refractivity contribution in [1.82, 2.24) is 0 Å². The number of esters is 2. The summed E-state index contributed by atoms with van der Waals surface area (Å²) < 4.78 is 26.0. The SMILES string of the molecule is CCCCCCCC/C=C\CCCCCCCC(=O)OC[C@H](COP(=O)([O-])O)OC(=O)CCCCCCC/C=C\CCCCCCCC.[Na+]. The van der Waals surface area contributed by atoms with Crippen molar-refractivity contribution in [2.45, 2.75) is 200 Å². The van der Waals surface area contributed by atoms with Crippen LogP contribution >= 0.6 is 7.82 Å². The Bertz CT molecular complexity index is 845. The number of ether oxygens (including phenoxy) is 2. The Balaban J connectivity index is 0. The minimum absolute atomic E-state index is 0. The van der Waals surface area contributed by atoms with Gasteiger partial charge in [-0.2, -0.15) is 0 Å². The van der Waals surface area contributed by atoms with E-state index in [4.69, 9.17) is 14.4 Å². The van der Waals surface area contributed by atoms with Gasteiger partial charge in [-0.1, -0.05) is 141 Å². The Hall–Kier alpha value is -0.470. The van der Waals surface area contributed by atoms with Crippen molar-refractivity contribution in [3.63, 3.8) is 0 Å². The van der Waals surface area contributed by atoms with Crippen LogP contribution in [0.2, 0.25) is 0 Å². The van der Waals surface area contributed by atoms with E-state index in [0.717, 1.165) is 64.2 Å². The van der Waals surface area contributed by atoms with Gasteiger partial charge in [0, 0.05) is 12.8 Å². The normalized spacial score (nSPS) is 13.4. The second kappa shape index (κ2) is 38.8. The molecule has 2 atom stereocenters. The molecule has 0 bridgehead atoms. The molecule has 1 unspecified atom stereocenters. The number of unbranched alkanes of at least 4 members (excludes halogenated alkanes) is 22. The maximum absolute atomic E-state index is 12.3. The zero-order chi connectivity index (χ0) is 35.4. The number of carbonyl (C=O) groups is 2. The Morgan fingerprint density at radius 1 is 0.571 bits per heavy atom. The van der Waals surface area contributed by atoms with Gasteiger partial charge in [0.1, 0.15) is 6.61 Å². The van der Waals surface area contributed by atoms with Gasteiger partial charge in [-0.3, -0.25) is 14.2 Å². The third-order valence-electron chi connectivity index (χ3n) is 8.44. The number of phosphoric ester groups is 1. The molecule has 0 spiro atoms. The molecule has 0 saturated carbocycles. The molecule has 1 N–H and O–H groups in total. The summed E-state index contributed by atoms with van der Waals surface area (Å²) in [5, 5.41) is 0. The van der Waals surface area contributed by atoms with E-state index >= 15 is 0 Å². The minimum atomic E-state index is -5.00. The predicted octanol–water partition coefficient (Wildman–Crippen LogP) is 8.00. The molecule has 0 saturated heterocycles. The van der Waals surface area contributed by atoms with Gasteiger partial charge < -0.3 is 23.8 Å². The fourth-order valence-corrected chi connectivity index (χ4v) is 5.83. The maximum Gasteiger partial charge on any atom is 1.00 e. The first-order valence-electron chi connectivity index (χ1n) is 19.6. The van der Waals surface area contributed by atoms with Crippen LogP contribution in [0.15, 0.2) is 24.3 Å². The van der Waals surface area contributed by atoms with E-state index in [-0.39, 0.29) is 49.0 Å².